The molecule has 112 valence electrons. The lowest BCUT2D eigenvalue weighted by molar-refractivity contribution is -0.118. The standard InChI is InChI=1S/C18H18N2O2/c21-17-10-12-20(16-8-2-1-7-15(16)17)18(22)9-3-5-14-6-4-11-19-13-14/h1-2,4,6-8,11,13H,3,5,9-10,12H2. The monoisotopic (exact) mass is 294 g/mol. The minimum atomic E-state index is 0.0869. The van der Waals surface area contributed by atoms with Crippen molar-refractivity contribution in [3.05, 3.63) is 59.9 Å². The summed E-state index contributed by atoms with van der Waals surface area (Å²) in [4.78, 5) is 30.2. The number of anilines is 1. The van der Waals surface area contributed by atoms with Gasteiger partial charge in [-0.25, -0.2) is 0 Å². The highest BCUT2D eigenvalue weighted by Crippen LogP contribution is 2.27. The first-order valence-corrected chi connectivity index (χ1v) is 7.57. The molecule has 1 aliphatic heterocycles. The molecule has 0 atom stereocenters. The van der Waals surface area contributed by atoms with Gasteiger partial charge in [-0.1, -0.05) is 18.2 Å². The van der Waals surface area contributed by atoms with Gasteiger partial charge in [0.15, 0.2) is 5.78 Å². The fourth-order valence-electron chi connectivity index (χ4n) is 2.80. The molecule has 4 nitrogen and oxygen atoms in total. The number of benzene rings is 1. The second-order valence-electron chi connectivity index (χ2n) is 5.45. The van der Waals surface area contributed by atoms with E-state index in [1.807, 2.05) is 36.5 Å². The molecule has 1 amide bonds. The Morgan fingerprint density at radius 2 is 2.05 bits per heavy atom. The zero-order chi connectivity index (χ0) is 15.4. The first-order chi connectivity index (χ1) is 10.8. The molecule has 0 N–H and O–H groups in total. The van der Waals surface area contributed by atoms with E-state index in [4.69, 9.17) is 0 Å². The lowest BCUT2D eigenvalue weighted by Crippen LogP contribution is -2.37. The molecular formula is C18H18N2O2. The predicted octanol–water partition coefficient (Wildman–Crippen LogP) is 3.02. The van der Waals surface area contributed by atoms with E-state index >= 15 is 0 Å². The second kappa shape index (κ2) is 6.52. The summed E-state index contributed by atoms with van der Waals surface area (Å²) in [6.45, 7) is 0.488. The van der Waals surface area contributed by atoms with Crippen LogP contribution in [0.1, 0.15) is 35.2 Å². The van der Waals surface area contributed by atoms with Crippen LogP contribution in [-0.4, -0.2) is 23.2 Å². The van der Waals surface area contributed by atoms with Crippen molar-refractivity contribution in [1.29, 1.82) is 0 Å². The van der Waals surface area contributed by atoms with Crippen LogP contribution in [0.15, 0.2) is 48.8 Å². The van der Waals surface area contributed by atoms with Crippen molar-refractivity contribution in [1.82, 2.24) is 4.98 Å². The van der Waals surface area contributed by atoms with Crippen LogP contribution in [-0.2, 0) is 11.2 Å². The topological polar surface area (TPSA) is 50.3 Å². The van der Waals surface area contributed by atoms with Crippen molar-refractivity contribution in [3.8, 4) is 0 Å². The van der Waals surface area contributed by atoms with Crippen molar-refractivity contribution in [2.75, 3.05) is 11.4 Å². The third-order valence-electron chi connectivity index (χ3n) is 3.94. The number of nitrogens with zero attached hydrogens (tertiary/aromatic N) is 2. The number of ketones is 1. The van der Waals surface area contributed by atoms with Gasteiger partial charge in [-0.15, -0.1) is 0 Å². The SMILES string of the molecule is O=C1CCN(C(=O)CCCc2cccnc2)c2ccccc21. The number of aryl methyl sites for hydroxylation is 1. The van der Waals surface area contributed by atoms with E-state index in [0.29, 0.717) is 24.9 Å². The van der Waals surface area contributed by atoms with Crippen LogP contribution < -0.4 is 4.90 Å². The number of pyridine rings is 1. The van der Waals surface area contributed by atoms with Gasteiger partial charge in [0, 0.05) is 37.3 Å². The fraction of sp³-hybridized carbons (Fsp3) is 0.278. The molecule has 0 saturated carbocycles. The molecule has 1 aromatic heterocycles. The van der Waals surface area contributed by atoms with Crippen molar-refractivity contribution < 1.29 is 9.59 Å². The number of amides is 1. The van der Waals surface area contributed by atoms with Crippen molar-refractivity contribution >= 4 is 17.4 Å². The lowest BCUT2D eigenvalue weighted by atomic mass is 9.99. The number of fused-ring (bicyclic) bond motifs is 1. The van der Waals surface area contributed by atoms with Gasteiger partial charge in [-0.2, -0.15) is 0 Å². The third kappa shape index (κ3) is 3.06. The van der Waals surface area contributed by atoms with Crippen LogP contribution in [0.3, 0.4) is 0 Å². The normalized spacial score (nSPS) is 13.8. The van der Waals surface area contributed by atoms with Gasteiger partial charge < -0.3 is 4.90 Å². The molecule has 1 aromatic carbocycles. The molecule has 22 heavy (non-hydrogen) atoms. The van der Waals surface area contributed by atoms with E-state index in [1.54, 1.807) is 17.2 Å². The number of Topliss-reactive ketones (excluding diaryl/α,β-unsaturated/α-hetero) is 1. The summed E-state index contributed by atoms with van der Waals surface area (Å²) >= 11 is 0. The van der Waals surface area contributed by atoms with Gasteiger partial charge in [0.05, 0.1) is 5.69 Å². The van der Waals surface area contributed by atoms with Gasteiger partial charge in [0.25, 0.3) is 0 Å². The van der Waals surface area contributed by atoms with E-state index in [1.165, 1.54) is 0 Å². The Labute approximate surface area is 129 Å². The molecular weight excluding hydrogens is 276 g/mol. The Balaban J connectivity index is 1.63. The van der Waals surface area contributed by atoms with E-state index in [9.17, 15) is 9.59 Å². The van der Waals surface area contributed by atoms with Crippen LogP contribution in [0.2, 0.25) is 0 Å². The summed E-state index contributed by atoms with van der Waals surface area (Å²) in [5.41, 5.74) is 2.56. The predicted molar refractivity (Wildman–Crippen MR) is 84.9 cm³/mol. The van der Waals surface area contributed by atoms with Gasteiger partial charge >= 0.3 is 0 Å². The Kier molecular flexibility index (Phi) is 4.28. The molecule has 3 rings (SSSR count). The van der Waals surface area contributed by atoms with Crippen LogP contribution in [0.5, 0.6) is 0 Å². The maximum Gasteiger partial charge on any atom is 0.227 e. The molecule has 2 aromatic rings. The van der Waals surface area contributed by atoms with Gasteiger partial charge in [-0.05, 0) is 36.6 Å². The average Bonchev–Trinajstić information content (AvgIpc) is 2.56. The zero-order valence-electron chi connectivity index (χ0n) is 12.4. The molecule has 2 heterocycles. The molecule has 0 radical (unpaired) electrons. The van der Waals surface area contributed by atoms with Crippen molar-refractivity contribution in [2.45, 2.75) is 25.7 Å². The highest BCUT2D eigenvalue weighted by Gasteiger charge is 2.26. The number of para-hydroxylation sites is 1. The maximum absolute atomic E-state index is 12.5. The van der Waals surface area contributed by atoms with Crippen LogP contribution in [0.4, 0.5) is 5.69 Å². The Morgan fingerprint density at radius 1 is 1.18 bits per heavy atom. The van der Waals surface area contributed by atoms with E-state index in [-0.39, 0.29) is 11.7 Å². The first kappa shape index (κ1) is 14.4. The molecule has 0 unspecified atom stereocenters. The quantitative estimate of drug-likeness (QED) is 0.871. The maximum atomic E-state index is 12.5. The van der Waals surface area contributed by atoms with E-state index < -0.39 is 0 Å². The Bertz CT molecular complexity index is 682. The molecule has 4 heteroatoms. The summed E-state index contributed by atoms with van der Waals surface area (Å²) in [7, 11) is 0. The number of aromatic nitrogens is 1. The molecule has 0 spiro atoms. The van der Waals surface area contributed by atoms with Crippen LogP contribution in [0.25, 0.3) is 0 Å². The number of rotatable bonds is 4. The third-order valence-corrected chi connectivity index (χ3v) is 3.94. The summed E-state index contributed by atoms with van der Waals surface area (Å²) < 4.78 is 0. The summed E-state index contributed by atoms with van der Waals surface area (Å²) in [5.74, 6) is 0.207. The highest BCUT2D eigenvalue weighted by molar-refractivity contribution is 6.08. The largest absolute Gasteiger partial charge is 0.311 e. The van der Waals surface area contributed by atoms with Crippen LogP contribution >= 0.6 is 0 Å². The van der Waals surface area contributed by atoms with E-state index in [0.717, 1.165) is 24.1 Å². The van der Waals surface area contributed by atoms with Gasteiger partial charge in [-0.3, -0.25) is 14.6 Å². The van der Waals surface area contributed by atoms with Crippen molar-refractivity contribution in [2.24, 2.45) is 0 Å². The molecule has 0 aliphatic carbocycles. The minimum Gasteiger partial charge on any atom is -0.311 e. The van der Waals surface area contributed by atoms with Gasteiger partial charge in [0.2, 0.25) is 5.91 Å². The number of carbonyl (C=O) groups is 2. The molecule has 0 bridgehead atoms. The fourth-order valence-corrected chi connectivity index (χ4v) is 2.80. The minimum absolute atomic E-state index is 0.0869. The van der Waals surface area contributed by atoms with E-state index in [2.05, 4.69) is 4.98 Å². The zero-order valence-corrected chi connectivity index (χ0v) is 12.4. The summed E-state index contributed by atoms with van der Waals surface area (Å²) in [6, 6.07) is 11.3. The highest BCUT2D eigenvalue weighted by atomic mass is 16.2. The first-order valence-electron chi connectivity index (χ1n) is 7.57. The number of hydrogen-bond acceptors (Lipinski definition) is 3. The Hall–Kier alpha value is -2.49. The average molecular weight is 294 g/mol. The summed E-state index contributed by atoms with van der Waals surface area (Å²) in [5, 5.41) is 0. The lowest BCUT2D eigenvalue weighted by Gasteiger charge is -2.28. The smallest absolute Gasteiger partial charge is 0.227 e. The van der Waals surface area contributed by atoms with Gasteiger partial charge in [0.1, 0.15) is 0 Å². The summed E-state index contributed by atoms with van der Waals surface area (Å²) in [6.07, 6.45) is 6.10. The second-order valence-corrected chi connectivity index (χ2v) is 5.45. The molecule has 0 saturated heterocycles. The molecule has 1 aliphatic rings. The number of hydrogen-bond donors (Lipinski definition) is 0. The Morgan fingerprint density at radius 3 is 2.86 bits per heavy atom. The number of carbonyl (C=O) groups excluding carboxylic acids is 2. The van der Waals surface area contributed by atoms with Crippen LogP contribution in [0, 0.1) is 0 Å². The van der Waals surface area contributed by atoms with Crippen molar-refractivity contribution in [3.63, 3.8) is 0 Å². The molecule has 0 fully saturated rings.